The monoisotopic (exact) mass is 239 g/mol. The molecule has 2 N–H and O–H groups in total. The molecule has 17 heavy (non-hydrogen) atoms. The van der Waals surface area contributed by atoms with Crippen LogP contribution >= 0.6 is 0 Å². The molecule has 0 aromatic carbocycles. The molecule has 1 amide bonds. The number of aliphatic hydroxyl groups excluding tert-OH is 1. The number of hydrogen-bond acceptors (Lipinski definition) is 2. The summed E-state index contributed by atoms with van der Waals surface area (Å²) in [5.74, 6) is -0.106. The lowest BCUT2D eigenvalue weighted by Crippen LogP contribution is -2.45. The van der Waals surface area contributed by atoms with Gasteiger partial charge in [0.2, 0.25) is 5.91 Å². The quantitative estimate of drug-likeness (QED) is 0.743. The van der Waals surface area contributed by atoms with Gasteiger partial charge in [-0.3, -0.25) is 4.79 Å². The summed E-state index contributed by atoms with van der Waals surface area (Å²) in [6.45, 7) is 10.1. The van der Waals surface area contributed by atoms with E-state index in [2.05, 4.69) is 32.7 Å². The molecule has 3 heteroatoms. The summed E-state index contributed by atoms with van der Waals surface area (Å²) in [5.41, 5.74) is 0.676. The Morgan fingerprint density at radius 2 is 1.94 bits per heavy atom. The van der Waals surface area contributed by atoms with Gasteiger partial charge in [-0.1, -0.05) is 40.2 Å². The first-order valence-corrected chi connectivity index (χ1v) is 6.46. The van der Waals surface area contributed by atoms with Gasteiger partial charge in [-0.2, -0.15) is 0 Å². The highest BCUT2D eigenvalue weighted by atomic mass is 16.3. The number of amides is 1. The number of carbonyl (C=O) groups excluding carboxylic acids is 1. The first-order valence-electron chi connectivity index (χ1n) is 6.46. The predicted octanol–water partition coefficient (Wildman–Crippen LogP) is 2.40. The number of hydrogen-bond donors (Lipinski definition) is 2. The maximum absolute atomic E-state index is 11.9. The molecule has 98 valence electrons. The predicted molar refractivity (Wildman–Crippen MR) is 69.6 cm³/mol. The molecule has 1 aliphatic carbocycles. The van der Waals surface area contributed by atoms with Gasteiger partial charge in [0.1, 0.15) is 0 Å². The lowest BCUT2D eigenvalue weighted by atomic mass is 9.87. The molecule has 0 heterocycles. The van der Waals surface area contributed by atoms with Gasteiger partial charge in [0.05, 0.1) is 12.1 Å². The third-order valence-electron chi connectivity index (χ3n) is 3.11. The lowest BCUT2D eigenvalue weighted by molar-refractivity contribution is -0.119. The Labute approximate surface area is 104 Å². The van der Waals surface area contributed by atoms with Crippen molar-refractivity contribution in [2.75, 3.05) is 0 Å². The molecular formula is C14H25NO2. The van der Waals surface area contributed by atoms with Crippen molar-refractivity contribution in [2.24, 2.45) is 5.41 Å². The SMILES string of the molecule is C=C(CC(C)(C)C)C(=O)NC1CCCCC1O. The van der Waals surface area contributed by atoms with Gasteiger partial charge >= 0.3 is 0 Å². The number of aliphatic hydroxyl groups is 1. The van der Waals surface area contributed by atoms with Crippen LogP contribution in [0.5, 0.6) is 0 Å². The smallest absolute Gasteiger partial charge is 0.246 e. The molecule has 0 bridgehead atoms. The van der Waals surface area contributed by atoms with E-state index in [1.807, 2.05) is 0 Å². The molecule has 0 aromatic heterocycles. The van der Waals surface area contributed by atoms with Crippen LogP contribution in [0.3, 0.4) is 0 Å². The Bertz CT molecular complexity index is 291. The van der Waals surface area contributed by atoms with Crippen LogP contribution in [0.2, 0.25) is 0 Å². The van der Waals surface area contributed by atoms with Gasteiger partial charge in [-0.25, -0.2) is 0 Å². The number of rotatable bonds is 3. The first kappa shape index (κ1) is 14.2. The Hall–Kier alpha value is -0.830. The summed E-state index contributed by atoms with van der Waals surface area (Å²) < 4.78 is 0. The Balaban J connectivity index is 2.45. The van der Waals surface area contributed by atoms with Crippen LogP contribution in [0.4, 0.5) is 0 Å². The topological polar surface area (TPSA) is 49.3 Å². The van der Waals surface area contributed by atoms with Crippen LogP contribution in [-0.4, -0.2) is 23.2 Å². The minimum absolute atomic E-state index is 0.0691. The van der Waals surface area contributed by atoms with Crippen molar-refractivity contribution in [1.29, 1.82) is 0 Å². The molecule has 2 unspecified atom stereocenters. The van der Waals surface area contributed by atoms with Crippen LogP contribution in [0.25, 0.3) is 0 Å². The van der Waals surface area contributed by atoms with Gasteiger partial charge in [0, 0.05) is 5.57 Å². The van der Waals surface area contributed by atoms with Crippen molar-refractivity contribution in [3.63, 3.8) is 0 Å². The third kappa shape index (κ3) is 4.90. The van der Waals surface area contributed by atoms with Gasteiger partial charge < -0.3 is 10.4 Å². The average Bonchev–Trinajstić information content (AvgIpc) is 2.18. The highest BCUT2D eigenvalue weighted by Crippen LogP contribution is 2.24. The van der Waals surface area contributed by atoms with Crippen molar-refractivity contribution in [2.45, 2.75) is 65.0 Å². The van der Waals surface area contributed by atoms with Crippen LogP contribution in [0, 0.1) is 5.41 Å². The minimum atomic E-state index is -0.393. The molecule has 2 atom stereocenters. The van der Waals surface area contributed by atoms with Gasteiger partial charge in [-0.05, 0) is 24.7 Å². The van der Waals surface area contributed by atoms with E-state index in [1.54, 1.807) is 0 Å². The fourth-order valence-corrected chi connectivity index (χ4v) is 2.27. The zero-order valence-electron chi connectivity index (χ0n) is 11.3. The number of nitrogens with one attached hydrogen (secondary N) is 1. The van der Waals surface area contributed by atoms with Crippen molar-refractivity contribution >= 4 is 5.91 Å². The van der Waals surface area contributed by atoms with Gasteiger partial charge in [0.25, 0.3) is 0 Å². The van der Waals surface area contributed by atoms with E-state index in [-0.39, 0.29) is 17.4 Å². The van der Waals surface area contributed by atoms with E-state index in [0.717, 1.165) is 25.7 Å². The second kappa shape index (κ2) is 5.67. The standard InChI is InChI=1S/C14H25NO2/c1-10(9-14(2,3)4)13(17)15-11-7-5-6-8-12(11)16/h11-12,16H,1,5-9H2,2-4H3,(H,15,17). The van der Waals surface area contributed by atoms with Crippen LogP contribution in [0.1, 0.15) is 52.9 Å². The summed E-state index contributed by atoms with van der Waals surface area (Å²) in [4.78, 5) is 11.9. The summed E-state index contributed by atoms with van der Waals surface area (Å²) in [6, 6.07) is -0.0898. The van der Waals surface area contributed by atoms with Crippen LogP contribution in [-0.2, 0) is 4.79 Å². The number of carbonyl (C=O) groups is 1. The van der Waals surface area contributed by atoms with E-state index in [4.69, 9.17) is 0 Å². The van der Waals surface area contributed by atoms with Crippen molar-refractivity contribution in [3.05, 3.63) is 12.2 Å². The van der Waals surface area contributed by atoms with Gasteiger partial charge in [-0.15, -0.1) is 0 Å². The first-order chi connectivity index (χ1) is 7.79. The van der Waals surface area contributed by atoms with Crippen LogP contribution in [0.15, 0.2) is 12.2 Å². The summed E-state index contributed by atoms with van der Waals surface area (Å²) >= 11 is 0. The normalized spacial score (nSPS) is 25.4. The second-order valence-electron chi connectivity index (χ2n) is 6.27. The van der Waals surface area contributed by atoms with E-state index >= 15 is 0 Å². The van der Waals surface area contributed by atoms with Crippen molar-refractivity contribution in [1.82, 2.24) is 5.32 Å². The molecule has 1 fully saturated rings. The molecule has 1 saturated carbocycles. The fourth-order valence-electron chi connectivity index (χ4n) is 2.27. The molecule has 1 rings (SSSR count). The van der Waals surface area contributed by atoms with E-state index < -0.39 is 6.10 Å². The maximum atomic E-state index is 11.9. The molecule has 3 nitrogen and oxygen atoms in total. The largest absolute Gasteiger partial charge is 0.391 e. The van der Waals surface area contributed by atoms with Crippen molar-refractivity contribution in [3.8, 4) is 0 Å². The lowest BCUT2D eigenvalue weighted by Gasteiger charge is -2.29. The molecule has 0 aromatic rings. The average molecular weight is 239 g/mol. The highest BCUT2D eigenvalue weighted by Gasteiger charge is 2.26. The van der Waals surface area contributed by atoms with E-state index in [0.29, 0.717) is 12.0 Å². The van der Waals surface area contributed by atoms with Crippen molar-refractivity contribution < 1.29 is 9.90 Å². The van der Waals surface area contributed by atoms with Gasteiger partial charge in [0.15, 0.2) is 0 Å². The van der Waals surface area contributed by atoms with E-state index in [1.165, 1.54) is 0 Å². The second-order valence-corrected chi connectivity index (χ2v) is 6.27. The summed E-state index contributed by atoms with van der Waals surface area (Å²) in [5, 5.41) is 12.7. The third-order valence-corrected chi connectivity index (χ3v) is 3.11. The Morgan fingerprint density at radius 1 is 1.35 bits per heavy atom. The van der Waals surface area contributed by atoms with E-state index in [9.17, 15) is 9.90 Å². The minimum Gasteiger partial charge on any atom is -0.391 e. The fraction of sp³-hybridized carbons (Fsp3) is 0.786. The molecule has 0 radical (unpaired) electrons. The summed E-state index contributed by atoms with van der Waals surface area (Å²) in [7, 11) is 0. The molecule has 0 spiro atoms. The highest BCUT2D eigenvalue weighted by molar-refractivity contribution is 5.93. The van der Waals surface area contributed by atoms with Crippen LogP contribution < -0.4 is 5.32 Å². The zero-order valence-corrected chi connectivity index (χ0v) is 11.3. The summed E-state index contributed by atoms with van der Waals surface area (Å²) in [6.07, 6.45) is 4.08. The molecule has 1 aliphatic rings. The Kier molecular flexibility index (Phi) is 4.75. The Morgan fingerprint density at radius 3 is 2.47 bits per heavy atom. The molecule has 0 aliphatic heterocycles. The zero-order chi connectivity index (χ0) is 13.1. The molecule has 0 saturated heterocycles. The maximum Gasteiger partial charge on any atom is 0.246 e. The molecular weight excluding hydrogens is 214 g/mol.